The Bertz CT molecular complexity index is 552. The zero-order valence-electron chi connectivity index (χ0n) is 10.2. The molecule has 1 aromatic carbocycles. The third kappa shape index (κ3) is 2.20. The molecule has 0 spiro atoms. The van der Waals surface area contributed by atoms with Gasteiger partial charge in [0, 0.05) is 5.56 Å². The maximum absolute atomic E-state index is 5.65. The maximum Gasteiger partial charge on any atom is 0.149 e. The fourth-order valence-corrected chi connectivity index (χ4v) is 1.67. The molecule has 2 rings (SSSR count). The normalized spacial score (nSPS) is 10.3. The van der Waals surface area contributed by atoms with Gasteiger partial charge in [-0.25, -0.2) is 0 Å². The monoisotopic (exact) mass is 229 g/mol. The SMILES string of the molecule is COc1ccc(-c2cc(C)c(N)nn2)cc1C. The zero-order chi connectivity index (χ0) is 12.4. The molecule has 0 amide bonds. The fourth-order valence-electron chi connectivity index (χ4n) is 1.67. The second kappa shape index (κ2) is 4.41. The summed E-state index contributed by atoms with van der Waals surface area (Å²) in [6.07, 6.45) is 0. The highest BCUT2D eigenvalue weighted by atomic mass is 16.5. The summed E-state index contributed by atoms with van der Waals surface area (Å²) in [5.74, 6) is 1.34. The van der Waals surface area contributed by atoms with Crippen LogP contribution in [0.5, 0.6) is 5.75 Å². The molecule has 0 aliphatic rings. The number of hydrogen-bond donors (Lipinski definition) is 1. The van der Waals surface area contributed by atoms with Crippen LogP contribution in [0.25, 0.3) is 11.3 Å². The van der Waals surface area contributed by atoms with Crippen molar-refractivity contribution in [1.82, 2.24) is 10.2 Å². The van der Waals surface area contributed by atoms with Crippen molar-refractivity contribution in [3.05, 3.63) is 35.4 Å². The largest absolute Gasteiger partial charge is 0.496 e. The van der Waals surface area contributed by atoms with Crippen molar-refractivity contribution in [2.75, 3.05) is 12.8 Å². The van der Waals surface area contributed by atoms with E-state index in [9.17, 15) is 0 Å². The van der Waals surface area contributed by atoms with E-state index in [4.69, 9.17) is 10.5 Å². The topological polar surface area (TPSA) is 61.0 Å². The van der Waals surface area contributed by atoms with E-state index >= 15 is 0 Å². The molecule has 0 radical (unpaired) electrons. The molecule has 0 fully saturated rings. The van der Waals surface area contributed by atoms with Crippen LogP contribution in [0.4, 0.5) is 5.82 Å². The first-order valence-corrected chi connectivity index (χ1v) is 5.36. The summed E-state index contributed by atoms with van der Waals surface area (Å²) in [7, 11) is 1.66. The van der Waals surface area contributed by atoms with Crippen LogP contribution in [0.15, 0.2) is 24.3 Å². The van der Waals surface area contributed by atoms with Crippen LogP contribution in [0.2, 0.25) is 0 Å². The Balaban J connectivity index is 2.46. The lowest BCUT2D eigenvalue weighted by Crippen LogP contribution is -1.98. The van der Waals surface area contributed by atoms with E-state index in [0.29, 0.717) is 5.82 Å². The van der Waals surface area contributed by atoms with Gasteiger partial charge in [0.25, 0.3) is 0 Å². The number of aromatic nitrogens is 2. The Morgan fingerprint density at radius 1 is 1.06 bits per heavy atom. The van der Waals surface area contributed by atoms with Gasteiger partial charge < -0.3 is 10.5 Å². The van der Waals surface area contributed by atoms with Gasteiger partial charge in [0.2, 0.25) is 0 Å². The summed E-state index contributed by atoms with van der Waals surface area (Å²) >= 11 is 0. The summed E-state index contributed by atoms with van der Waals surface area (Å²) in [6.45, 7) is 3.92. The highest BCUT2D eigenvalue weighted by Crippen LogP contribution is 2.25. The molecule has 88 valence electrons. The minimum atomic E-state index is 0.471. The van der Waals surface area contributed by atoms with E-state index in [-0.39, 0.29) is 0 Å². The molecule has 4 heteroatoms. The molecular weight excluding hydrogens is 214 g/mol. The maximum atomic E-state index is 5.65. The molecule has 0 atom stereocenters. The Labute approximate surface area is 100 Å². The lowest BCUT2D eigenvalue weighted by molar-refractivity contribution is 0.412. The van der Waals surface area contributed by atoms with E-state index in [1.54, 1.807) is 7.11 Å². The predicted molar refractivity (Wildman–Crippen MR) is 67.9 cm³/mol. The van der Waals surface area contributed by atoms with Crippen LogP contribution < -0.4 is 10.5 Å². The number of nitrogens with zero attached hydrogens (tertiary/aromatic N) is 2. The molecule has 1 heterocycles. The lowest BCUT2D eigenvalue weighted by atomic mass is 10.1. The third-order valence-corrected chi connectivity index (χ3v) is 2.71. The standard InChI is InChI=1S/C13H15N3O/c1-8-6-10(4-5-12(8)17-3)11-7-9(2)13(14)16-15-11/h4-7H,1-3H3,(H2,14,16). The van der Waals surface area contributed by atoms with Crippen LogP contribution in [0.1, 0.15) is 11.1 Å². The number of hydrogen-bond acceptors (Lipinski definition) is 4. The van der Waals surface area contributed by atoms with E-state index in [0.717, 1.165) is 28.1 Å². The van der Waals surface area contributed by atoms with Gasteiger partial charge >= 0.3 is 0 Å². The number of rotatable bonds is 2. The number of nitrogen functional groups attached to an aromatic ring is 1. The van der Waals surface area contributed by atoms with Crippen LogP contribution in [-0.2, 0) is 0 Å². The zero-order valence-corrected chi connectivity index (χ0v) is 10.2. The Morgan fingerprint density at radius 3 is 2.41 bits per heavy atom. The molecule has 1 aromatic heterocycles. The average molecular weight is 229 g/mol. The number of nitrogens with two attached hydrogens (primary N) is 1. The molecule has 2 aromatic rings. The van der Waals surface area contributed by atoms with Crippen molar-refractivity contribution in [2.45, 2.75) is 13.8 Å². The predicted octanol–water partition coefficient (Wildman–Crippen LogP) is 2.35. The molecule has 2 N–H and O–H groups in total. The molecule has 0 aliphatic heterocycles. The third-order valence-electron chi connectivity index (χ3n) is 2.71. The van der Waals surface area contributed by atoms with Gasteiger partial charge in [-0.2, -0.15) is 0 Å². The van der Waals surface area contributed by atoms with Gasteiger partial charge in [-0.15, -0.1) is 10.2 Å². The van der Waals surface area contributed by atoms with Crippen molar-refractivity contribution in [3.8, 4) is 17.0 Å². The molecule has 0 saturated carbocycles. The second-order valence-corrected chi connectivity index (χ2v) is 3.98. The molecular formula is C13H15N3O. The smallest absolute Gasteiger partial charge is 0.149 e. The van der Waals surface area contributed by atoms with E-state index < -0.39 is 0 Å². The van der Waals surface area contributed by atoms with Gasteiger partial charge in [0.05, 0.1) is 12.8 Å². The molecule has 0 bridgehead atoms. The molecule has 17 heavy (non-hydrogen) atoms. The average Bonchev–Trinajstić information content (AvgIpc) is 2.32. The highest BCUT2D eigenvalue weighted by Gasteiger charge is 2.05. The van der Waals surface area contributed by atoms with Gasteiger partial charge in [-0.05, 0) is 49.2 Å². The minimum Gasteiger partial charge on any atom is -0.496 e. The summed E-state index contributed by atoms with van der Waals surface area (Å²) in [4.78, 5) is 0. The molecule has 0 unspecified atom stereocenters. The Kier molecular flexibility index (Phi) is 2.95. The van der Waals surface area contributed by atoms with Crippen molar-refractivity contribution in [3.63, 3.8) is 0 Å². The van der Waals surface area contributed by atoms with E-state index in [1.807, 2.05) is 38.1 Å². The second-order valence-electron chi connectivity index (χ2n) is 3.98. The van der Waals surface area contributed by atoms with E-state index in [1.165, 1.54) is 0 Å². The summed E-state index contributed by atoms with van der Waals surface area (Å²) < 4.78 is 5.22. The Hall–Kier alpha value is -2.10. The van der Waals surface area contributed by atoms with Crippen molar-refractivity contribution in [2.24, 2.45) is 0 Å². The van der Waals surface area contributed by atoms with Gasteiger partial charge in [0.1, 0.15) is 11.6 Å². The number of methoxy groups -OCH3 is 1. The quantitative estimate of drug-likeness (QED) is 0.858. The van der Waals surface area contributed by atoms with Crippen molar-refractivity contribution in [1.29, 1.82) is 0 Å². The van der Waals surface area contributed by atoms with Gasteiger partial charge in [0.15, 0.2) is 0 Å². The van der Waals surface area contributed by atoms with Gasteiger partial charge in [-0.1, -0.05) is 0 Å². The number of anilines is 1. The van der Waals surface area contributed by atoms with Crippen LogP contribution in [-0.4, -0.2) is 17.3 Å². The molecule has 0 saturated heterocycles. The highest BCUT2D eigenvalue weighted by molar-refractivity contribution is 5.63. The summed E-state index contributed by atoms with van der Waals surface area (Å²) in [6, 6.07) is 7.85. The minimum absolute atomic E-state index is 0.471. The first-order valence-electron chi connectivity index (χ1n) is 5.36. The summed E-state index contributed by atoms with van der Waals surface area (Å²) in [5, 5.41) is 8.01. The van der Waals surface area contributed by atoms with Gasteiger partial charge in [-0.3, -0.25) is 0 Å². The van der Waals surface area contributed by atoms with Crippen LogP contribution >= 0.6 is 0 Å². The first kappa shape index (κ1) is 11.4. The van der Waals surface area contributed by atoms with Crippen LogP contribution in [0.3, 0.4) is 0 Å². The number of benzene rings is 1. The van der Waals surface area contributed by atoms with Crippen molar-refractivity contribution >= 4 is 5.82 Å². The lowest BCUT2D eigenvalue weighted by Gasteiger charge is -2.07. The summed E-state index contributed by atoms with van der Waals surface area (Å²) in [5.41, 5.74) is 9.49. The van der Waals surface area contributed by atoms with E-state index in [2.05, 4.69) is 10.2 Å². The van der Waals surface area contributed by atoms with Crippen molar-refractivity contribution < 1.29 is 4.74 Å². The fraction of sp³-hybridized carbons (Fsp3) is 0.231. The molecule has 4 nitrogen and oxygen atoms in total. The number of ether oxygens (including phenoxy) is 1. The first-order chi connectivity index (χ1) is 8.11. The Morgan fingerprint density at radius 2 is 1.82 bits per heavy atom. The molecule has 0 aliphatic carbocycles. The number of aryl methyl sites for hydroxylation is 2. The van der Waals surface area contributed by atoms with Crippen LogP contribution in [0, 0.1) is 13.8 Å².